The summed E-state index contributed by atoms with van der Waals surface area (Å²) in [5.41, 5.74) is 1.26. The molecule has 2 heterocycles. The van der Waals surface area contributed by atoms with Gasteiger partial charge in [0, 0.05) is 36.7 Å². The van der Waals surface area contributed by atoms with Crippen molar-refractivity contribution in [3.63, 3.8) is 0 Å². The molecule has 2 atom stereocenters. The van der Waals surface area contributed by atoms with Crippen molar-refractivity contribution in [3.8, 4) is 0 Å². The summed E-state index contributed by atoms with van der Waals surface area (Å²) >= 11 is 6.27. The van der Waals surface area contributed by atoms with Gasteiger partial charge >= 0.3 is 0 Å². The Morgan fingerprint density at radius 2 is 2.11 bits per heavy atom. The highest BCUT2D eigenvalue weighted by Gasteiger charge is 2.34. The Morgan fingerprint density at radius 3 is 2.94 bits per heavy atom. The third-order valence-electron chi connectivity index (χ3n) is 4.40. The molecule has 2 aliphatic heterocycles. The fraction of sp³-hybridized carbons (Fsp3) is 0.600. The zero-order chi connectivity index (χ0) is 12.5. The molecule has 1 aromatic rings. The largest absolute Gasteiger partial charge is 0.298 e. The lowest BCUT2D eigenvalue weighted by molar-refractivity contribution is 0.0540. The van der Waals surface area contributed by atoms with Gasteiger partial charge in [-0.25, -0.2) is 0 Å². The van der Waals surface area contributed by atoms with Crippen LogP contribution >= 0.6 is 11.6 Å². The Labute approximate surface area is 115 Å². The molecule has 1 aromatic carbocycles. The second-order valence-corrected chi connectivity index (χ2v) is 6.07. The number of hydrogen-bond donors (Lipinski definition) is 0. The van der Waals surface area contributed by atoms with Crippen molar-refractivity contribution < 1.29 is 0 Å². The predicted octanol–water partition coefficient (Wildman–Crippen LogP) is 3.01. The fourth-order valence-corrected chi connectivity index (χ4v) is 3.51. The minimum atomic E-state index is 0.635. The molecule has 0 aromatic heterocycles. The second kappa shape index (κ2) is 5.20. The number of halogens is 1. The molecule has 18 heavy (non-hydrogen) atoms. The number of nitrogens with zero attached hydrogens (tertiary/aromatic N) is 2. The average molecular weight is 265 g/mol. The summed E-state index contributed by atoms with van der Waals surface area (Å²) in [5.74, 6) is 0. The lowest BCUT2D eigenvalue weighted by Gasteiger charge is -2.42. The van der Waals surface area contributed by atoms with Crippen LogP contribution in [-0.4, -0.2) is 41.5 Å². The highest BCUT2D eigenvalue weighted by molar-refractivity contribution is 6.31. The molecule has 0 bridgehead atoms. The third kappa shape index (κ3) is 2.42. The van der Waals surface area contributed by atoms with E-state index in [2.05, 4.69) is 28.9 Å². The van der Waals surface area contributed by atoms with Crippen molar-refractivity contribution in [2.45, 2.75) is 38.4 Å². The van der Waals surface area contributed by atoms with E-state index < -0.39 is 0 Å². The molecule has 3 rings (SSSR count). The van der Waals surface area contributed by atoms with Crippen LogP contribution in [0.25, 0.3) is 0 Å². The van der Waals surface area contributed by atoms with E-state index in [1.54, 1.807) is 0 Å². The van der Waals surface area contributed by atoms with Crippen molar-refractivity contribution in [2.24, 2.45) is 0 Å². The Morgan fingerprint density at radius 1 is 1.28 bits per heavy atom. The first-order valence-corrected chi connectivity index (χ1v) is 7.33. The summed E-state index contributed by atoms with van der Waals surface area (Å²) in [6.45, 7) is 7.05. The van der Waals surface area contributed by atoms with Gasteiger partial charge in [0.15, 0.2) is 0 Å². The maximum atomic E-state index is 6.27. The van der Waals surface area contributed by atoms with Crippen LogP contribution in [0.2, 0.25) is 5.02 Å². The molecular formula is C15H21ClN2. The van der Waals surface area contributed by atoms with Crippen molar-refractivity contribution in [3.05, 3.63) is 34.9 Å². The predicted molar refractivity (Wildman–Crippen MR) is 75.9 cm³/mol. The minimum Gasteiger partial charge on any atom is -0.298 e. The first-order valence-electron chi connectivity index (χ1n) is 6.95. The third-order valence-corrected chi connectivity index (χ3v) is 4.77. The molecule has 0 aliphatic carbocycles. The van der Waals surface area contributed by atoms with E-state index in [9.17, 15) is 0 Å². The van der Waals surface area contributed by atoms with E-state index in [1.807, 2.05) is 12.1 Å². The molecule has 0 saturated carbocycles. The number of benzene rings is 1. The maximum absolute atomic E-state index is 6.27. The molecule has 0 spiro atoms. The lowest BCUT2D eigenvalue weighted by atomic mass is 10.1. The highest BCUT2D eigenvalue weighted by atomic mass is 35.5. The van der Waals surface area contributed by atoms with E-state index in [0.29, 0.717) is 6.04 Å². The second-order valence-electron chi connectivity index (χ2n) is 5.66. The zero-order valence-electron chi connectivity index (χ0n) is 11.0. The van der Waals surface area contributed by atoms with Gasteiger partial charge in [-0.2, -0.15) is 0 Å². The summed E-state index contributed by atoms with van der Waals surface area (Å²) in [4.78, 5) is 5.25. The number of piperazine rings is 1. The summed E-state index contributed by atoms with van der Waals surface area (Å²) in [6, 6.07) is 9.64. The van der Waals surface area contributed by atoms with Gasteiger partial charge in [0.2, 0.25) is 0 Å². The maximum Gasteiger partial charge on any atom is 0.0451 e. The molecule has 1 unspecified atom stereocenters. The topological polar surface area (TPSA) is 6.48 Å². The van der Waals surface area contributed by atoms with Crippen molar-refractivity contribution >= 4 is 11.6 Å². The zero-order valence-corrected chi connectivity index (χ0v) is 11.7. The van der Waals surface area contributed by atoms with Gasteiger partial charge in [0.1, 0.15) is 0 Å². The molecule has 2 nitrogen and oxygen atoms in total. The Bertz CT molecular complexity index is 421. The molecule has 0 radical (unpaired) electrons. The van der Waals surface area contributed by atoms with Gasteiger partial charge in [-0.05, 0) is 37.9 Å². The molecular weight excluding hydrogens is 244 g/mol. The van der Waals surface area contributed by atoms with E-state index in [1.165, 1.54) is 38.0 Å². The van der Waals surface area contributed by atoms with Crippen LogP contribution in [0.5, 0.6) is 0 Å². The molecule has 0 amide bonds. The number of rotatable bonds is 2. The lowest BCUT2D eigenvalue weighted by Crippen LogP contribution is -2.54. The summed E-state index contributed by atoms with van der Waals surface area (Å²) < 4.78 is 0. The normalized spacial score (nSPS) is 29.4. The van der Waals surface area contributed by atoms with Crippen LogP contribution in [0.1, 0.15) is 25.3 Å². The Hall–Kier alpha value is -0.570. The number of fused-ring (bicyclic) bond motifs is 1. The Balaban J connectivity index is 1.71. The van der Waals surface area contributed by atoms with Gasteiger partial charge in [-0.1, -0.05) is 29.8 Å². The van der Waals surface area contributed by atoms with Crippen molar-refractivity contribution in [2.75, 3.05) is 19.6 Å². The molecule has 2 fully saturated rings. The van der Waals surface area contributed by atoms with Crippen LogP contribution in [0.15, 0.2) is 24.3 Å². The quantitative estimate of drug-likeness (QED) is 0.810. The van der Waals surface area contributed by atoms with Crippen LogP contribution in [0, 0.1) is 0 Å². The molecule has 2 aliphatic rings. The highest BCUT2D eigenvalue weighted by Crippen LogP contribution is 2.27. The van der Waals surface area contributed by atoms with E-state index in [0.717, 1.165) is 17.6 Å². The first kappa shape index (κ1) is 12.5. The molecule has 2 saturated heterocycles. The van der Waals surface area contributed by atoms with Crippen LogP contribution in [-0.2, 0) is 6.54 Å². The molecule has 3 heteroatoms. The van der Waals surface area contributed by atoms with E-state index in [-0.39, 0.29) is 0 Å². The minimum absolute atomic E-state index is 0.635. The van der Waals surface area contributed by atoms with Gasteiger partial charge in [-0.15, -0.1) is 0 Å². The van der Waals surface area contributed by atoms with Gasteiger partial charge in [0.25, 0.3) is 0 Å². The van der Waals surface area contributed by atoms with Crippen LogP contribution in [0.4, 0.5) is 0 Å². The first-order chi connectivity index (χ1) is 8.74. The fourth-order valence-electron chi connectivity index (χ4n) is 3.31. The van der Waals surface area contributed by atoms with Gasteiger partial charge in [-0.3, -0.25) is 9.80 Å². The van der Waals surface area contributed by atoms with Crippen molar-refractivity contribution in [1.29, 1.82) is 0 Å². The summed E-state index contributed by atoms with van der Waals surface area (Å²) in [5, 5.41) is 0.901. The van der Waals surface area contributed by atoms with Crippen molar-refractivity contribution in [1.82, 2.24) is 9.80 Å². The molecule has 0 N–H and O–H groups in total. The summed E-state index contributed by atoms with van der Waals surface area (Å²) in [6.07, 6.45) is 2.74. The van der Waals surface area contributed by atoms with Crippen LogP contribution < -0.4 is 0 Å². The molecule has 98 valence electrons. The van der Waals surface area contributed by atoms with E-state index in [4.69, 9.17) is 11.6 Å². The van der Waals surface area contributed by atoms with Gasteiger partial charge < -0.3 is 0 Å². The van der Waals surface area contributed by atoms with Gasteiger partial charge in [0.05, 0.1) is 0 Å². The summed E-state index contributed by atoms with van der Waals surface area (Å²) in [7, 11) is 0. The Kier molecular flexibility index (Phi) is 3.60. The standard InChI is InChI=1S/C15H21ClN2/c1-12-9-17-8-4-6-14(17)11-18(12)10-13-5-2-3-7-15(13)16/h2-3,5,7,12,14H,4,6,8-11H2,1H3/t12-,14?/m0/s1. The SMILES string of the molecule is C[C@H]1CN2CCCC2CN1Cc1ccccc1Cl. The average Bonchev–Trinajstić information content (AvgIpc) is 2.79. The van der Waals surface area contributed by atoms with Crippen LogP contribution in [0.3, 0.4) is 0 Å². The monoisotopic (exact) mass is 264 g/mol. The van der Waals surface area contributed by atoms with E-state index >= 15 is 0 Å². The smallest absolute Gasteiger partial charge is 0.0451 e. The number of hydrogen-bond acceptors (Lipinski definition) is 2.